The van der Waals surface area contributed by atoms with Gasteiger partial charge in [-0.15, -0.1) is 22.7 Å². The van der Waals surface area contributed by atoms with Crippen LogP contribution in [-0.4, -0.2) is 78.3 Å². The van der Waals surface area contributed by atoms with E-state index in [2.05, 4.69) is 4.90 Å². The van der Waals surface area contributed by atoms with Crippen LogP contribution < -0.4 is 0 Å². The van der Waals surface area contributed by atoms with Gasteiger partial charge in [-0.1, -0.05) is 35.9 Å². The SMILES string of the molecule is O=C(c1ccccc1Cl)N(CCN1CCOCC1)CC(=O)N1N=C(c2cccs2)C[C@H]1c1cccs1. The summed E-state index contributed by atoms with van der Waals surface area (Å²) in [6, 6.07) is 14.8. The van der Waals surface area contributed by atoms with Crippen molar-refractivity contribution in [1.29, 1.82) is 0 Å². The standard InChI is InChI=1S/C26H27ClN4O3S2/c27-20-6-2-1-5-19(20)26(33)30(10-9-29-11-13-34-14-12-29)18-25(32)31-22(24-8-4-16-36-24)17-21(28-31)23-7-3-15-35-23/h1-8,15-16,22H,9-14,17-18H2/t22-/m0/s1. The average Bonchev–Trinajstić information content (AvgIpc) is 3.68. The van der Waals surface area contributed by atoms with Crippen LogP contribution >= 0.6 is 34.3 Å². The molecule has 5 rings (SSSR count). The predicted octanol–water partition coefficient (Wildman–Crippen LogP) is 4.62. The summed E-state index contributed by atoms with van der Waals surface area (Å²) in [5, 5.41) is 10.7. The number of halogens is 1. The molecule has 0 spiro atoms. The van der Waals surface area contributed by atoms with Crippen molar-refractivity contribution in [3.63, 3.8) is 0 Å². The van der Waals surface area contributed by atoms with Crippen LogP contribution in [0.2, 0.25) is 5.02 Å². The highest BCUT2D eigenvalue weighted by Gasteiger charge is 2.35. The minimum absolute atomic E-state index is 0.0719. The molecule has 2 aliphatic heterocycles. The molecule has 0 unspecified atom stereocenters. The first-order chi connectivity index (χ1) is 17.6. The van der Waals surface area contributed by atoms with Crippen LogP contribution in [0.4, 0.5) is 0 Å². The van der Waals surface area contributed by atoms with Crippen LogP contribution in [0, 0.1) is 0 Å². The Bertz CT molecular complexity index is 1210. The molecular weight excluding hydrogens is 516 g/mol. The molecule has 0 N–H and O–H groups in total. The van der Waals surface area contributed by atoms with Crippen LogP contribution in [0.15, 0.2) is 64.4 Å². The molecule has 1 saturated heterocycles. The summed E-state index contributed by atoms with van der Waals surface area (Å²) in [5.74, 6) is -0.459. The molecule has 1 fully saturated rings. The van der Waals surface area contributed by atoms with E-state index in [0.717, 1.165) is 28.6 Å². The number of hydrazone groups is 1. The van der Waals surface area contributed by atoms with E-state index in [9.17, 15) is 9.59 Å². The van der Waals surface area contributed by atoms with Crippen molar-refractivity contribution in [2.45, 2.75) is 12.5 Å². The lowest BCUT2D eigenvalue weighted by atomic mass is 10.1. The molecule has 0 aliphatic carbocycles. The van der Waals surface area contributed by atoms with Crippen LogP contribution in [0.5, 0.6) is 0 Å². The van der Waals surface area contributed by atoms with Gasteiger partial charge in [0.2, 0.25) is 0 Å². The normalized spacial score (nSPS) is 18.3. The van der Waals surface area contributed by atoms with Crippen molar-refractivity contribution in [2.24, 2.45) is 5.10 Å². The Morgan fingerprint density at radius 1 is 1.06 bits per heavy atom. The minimum atomic E-state index is -0.253. The Kier molecular flexibility index (Phi) is 8.13. The van der Waals surface area contributed by atoms with E-state index in [0.29, 0.717) is 43.3 Å². The molecule has 1 atom stereocenters. The van der Waals surface area contributed by atoms with Gasteiger partial charge in [0.05, 0.1) is 40.4 Å². The van der Waals surface area contributed by atoms with E-state index >= 15 is 0 Å². The third-order valence-corrected chi connectivity index (χ3v) is 8.57. The van der Waals surface area contributed by atoms with Crippen molar-refractivity contribution < 1.29 is 14.3 Å². The Morgan fingerprint density at radius 2 is 1.83 bits per heavy atom. The molecule has 0 bridgehead atoms. The number of nitrogens with zero attached hydrogens (tertiary/aromatic N) is 4. The quantitative estimate of drug-likeness (QED) is 0.417. The van der Waals surface area contributed by atoms with E-state index in [1.54, 1.807) is 56.8 Å². The number of hydrogen-bond donors (Lipinski definition) is 0. The maximum absolute atomic E-state index is 13.7. The van der Waals surface area contributed by atoms with Crippen molar-refractivity contribution in [2.75, 3.05) is 45.9 Å². The second-order valence-electron chi connectivity index (χ2n) is 8.66. The first-order valence-corrected chi connectivity index (χ1v) is 14.0. The van der Waals surface area contributed by atoms with Gasteiger partial charge in [-0.05, 0) is 35.0 Å². The summed E-state index contributed by atoms with van der Waals surface area (Å²) in [6.45, 7) is 3.96. The molecule has 1 aromatic carbocycles. The number of amides is 2. The first-order valence-electron chi connectivity index (χ1n) is 11.9. The molecule has 36 heavy (non-hydrogen) atoms. The molecule has 2 amide bonds. The van der Waals surface area contributed by atoms with Crippen molar-refractivity contribution in [1.82, 2.24) is 14.8 Å². The first kappa shape index (κ1) is 25.1. The van der Waals surface area contributed by atoms with Crippen molar-refractivity contribution in [3.05, 3.63) is 79.6 Å². The topological polar surface area (TPSA) is 65.5 Å². The number of rotatable bonds is 8. The number of carbonyl (C=O) groups is 2. The maximum atomic E-state index is 13.7. The van der Waals surface area contributed by atoms with Gasteiger partial charge < -0.3 is 9.64 Å². The lowest BCUT2D eigenvalue weighted by molar-refractivity contribution is -0.133. The zero-order chi connectivity index (χ0) is 24.9. The van der Waals surface area contributed by atoms with E-state index in [1.807, 2.05) is 35.0 Å². The Hall–Kier alpha value is -2.56. The van der Waals surface area contributed by atoms with Gasteiger partial charge in [-0.2, -0.15) is 5.10 Å². The fraction of sp³-hybridized carbons (Fsp3) is 0.346. The summed E-state index contributed by atoms with van der Waals surface area (Å²) < 4.78 is 5.45. The number of thiophene rings is 2. The predicted molar refractivity (Wildman–Crippen MR) is 144 cm³/mol. The Balaban J connectivity index is 1.38. The van der Waals surface area contributed by atoms with Crippen LogP contribution in [0.1, 0.15) is 32.6 Å². The van der Waals surface area contributed by atoms with Crippen LogP contribution in [0.25, 0.3) is 0 Å². The lowest BCUT2D eigenvalue weighted by Crippen LogP contribution is -2.46. The molecule has 4 heterocycles. The lowest BCUT2D eigenvalue weighted by Gasteiger charge is -2.31. The monoisotopic (exact) mass is 542 g/mol. The zero-order valence-corrected chi connectivity index (χ0v) is 22.1. The summed E-state index contributed by atoms with van der Waals surface area (Å²) in [5.41, 5.74) is 1.29. The number of benzene rings is 1. The molecule has 188 valence electrons. The van der Waals surface area contributed by atoms with Gasteiger partial charge in [0.1, 0.15) is 6.54 Å². The average molecular weight is 543 g/mol. The van der Waals surface area contributed by atoms with E-state index in [-0.39, 0.29) is 24.4 Å². The van der Waals surface area contributed by atoms with Gasteiger partial charge in [0, 0.05) is 37.5 Å². The Labute approximate surface area is 223 Å². The smallest absolute Gasteiger partial charge is 0.262 e. The van der Waals surface area contributed by atoms with Gasteiger partial charge >= 0.3 is 0 Å². The molecule has 10 heteroatoms. The van der Waals surface area contributed by atoms with Gasteiger partial charge in [-0.25, -0.2) is 5.01 Å². The Morgan fingerprint density at radius 3 is 2.56 bits per heavy atom. The van der Waals surface area contributed by atoms with E-state index < -0.39 is 0 Å². The largest absolute Gasteiger partial charge is 0.379 e. The number of carbonyl (C=O) groups excluding carboxylic acids is 2. The van der Waals surface area contributed by atoms with E-state index in [4.69, 9.17) is 21.4 Å². The van der Waals surface area contributed by atoms with Crippen LogP contribution in [0.3, 0.4) is 0 Å². The molecule has 0 saturated carbocycles. The second kappa shape index (κ2) is 11.7. The maximum Gasteiger partial charge on any atom is 0.262 e. The highest BCUT2D eigenvalue weighted by molar-refractivity contribution is 7.12. The zero-order valence-electron chi connectivity index (χ0n) is 19.7. The molecule has 2 aliphatic rings. The number of hydrogen-bond acceptors (Lipinski definition) is 7. The minimum Gasteiger partial charge on any atom is -0.379 e. The third-order valence-electron chi connectivity index (χ3n) is 6.35. The van der Waals surface area contributed by atoms with Crippen molar-refractivity contribution >= 4 is 51.8 Å². The molecular formula is C26H27ClN4O3S2. The summed E-state index contributed by atoms with van der Waals surface area (Å²) in [6.07, 6.45) is 0.652. The fourth-order valence-corrected chi connectivity index (χ4v) is 6.16. The number of morpholine rings is 1. The fourth-order valence-electron chi connectivity index (χ4n) is 4.41. The highest BCUT2D eigenvalue weighted by Crippen LogP contribution is 2.36. The second-order valence-corrected chi connectivity index (χ2v) is 11.0. The number of ether oxygens (including phenoxy) is 1. The van der Waals surface area contributed by atoms with Gasteiger partial charge in [0.25, 0.3) is 11.8 Å². The molecule has 3 aromatic rings. The summed E-state index contributed by atoms with van der Waals surface area (Å²) in [7, 11) is 0. The summed E-state index contributed by atoms with van der Waals surface area (Å²) >= 11 is 9.58. The van der Waals surface area contributed by atoms with Gasteiger partial charge in [0.15, 0.2) is 0 Å². The third kappa shape index (κ3) is 5.71. The highest BCUT2D eigenvalue weighted by atomic mass is 35.5. The molecule has 2 aromatic heterocycles. The molecule has 7 nitrogen and oxygen atoms in total. The van der Waals surface area contributed by atoms with Crippen molar-refractivity contribution in [3.8, 4) is 0 Å². The van der Waals surface area contributed by atoms with E-state index in [1.165, 1.54) is 0 Å². The van der Waals surface area contributed by atoms with Gasteiger partial charge in [-0.3, -0.25) is 14.5 Å². The van der Waals surface area contributed by atoms with Crippen LogP contribution in [-0.2, 0) is 9.53 Å². The summed E-state index contributed by atoms with van der Waals surface area (Å²) in [4.78, 5) is 33.2. The molecule has 0 radical (unpaired) electrons.